The van der Waals surface area contributed by atoms with Crippen molar-refractivity contribution in [2.24, 2.45) is 17.6 Å². The smallest absolute Gasteiger partial charge is 0.326 e. The molecule has 0 aliphatic rings. The van der Waals surface area contributed by atoms with Crippen molar-refractivity contribution < 1.29 is 43.8 Å². The number of fused-ring (bicyclic) bond motifs is 1. The Bertz CT molecular complexity index is 2230. The number of aromatic nitrogens is 2. The van der Waals surface area contributed by atoms with E-state index in [4.69, 9.17) is 5.73 Å². The number of carboxylic acid groups (broad SMARTS) is 1. The van der Waals surface area contributed by atoms with E-state index in [1.807, 2.05) is 70.2 Å². The summed E-state index contributed by atoms with van der Waals surface area (Å²) >= 11 is 0. The number of carbonyl (C=O) groups excluding carboxylic acids is 6. The van der Waals surface area contributed by atoms with Gasteiger partial charge in [0.05, 0.1) is 12.4 Å². The van der Waals surface area contributed by atoms with Gasteiger partial charge in [0, 0.05) is 31.2 Å². The van der Waals surface area contributed by atoms with Gasteiger partial charge in [-0.25, -0.2) is 9.78 Å². The summed E-state index contributed by atoms with van der Waals surface area (Å²) < 4.78 is 0. The van der Waals surface area contributed by atoms with Crippen LogP contribution >= 0.6 is 0 Å². The fourth-order valence-electron chi connectivity index (χ4n) is 6.91. The predicted molar refractivity (Wildman–Crippen MR) is 239 cm³/mol. The molecule has 7 atom stereocenters. The molecule has 3 aromatic carbocycles. The van der Waals surface area contributed by atoms with E-state index in [0.29, 0.717) is 16.8 Å². The number of carboxylic acids is 1. The van der Waals surface area contributed by atoms with Crippen molar-refractivity contribution >= 4 is 52.2 Å². The summed E-state index contributed by atoms with van der Waals surface area (Å²) in [4.78, 5) is 101. The third kappa shape index (κ3) is 15.5. The second-order valence-corrected chi connectivity index (χ2v) is 17.0. The van der Waals surface area contributed by atoms with Crippen LogP contribution < -0.4 is 37.6 Å². The molecule has 18 nitrogen and oxygen atoms in total. The van der Waals surface area contributed by atoms with E-state index >= 15 is 0 Å². The van der Waals surface area contributed by atoms with Gasteiger partial charge in [-0.05, 0) is 72.6 Å². The van der Waals surface area contributed by atoms with E-state index in [9.17, 15) is 43.8 Å². The van der Waals surface area contributed by atoms with Crippen molar-refractivity contribution in [3.63, 3.8) is 0 Å². The molecule has 11 N–H and O–H groups in total. The molecule has 0 aliphatic carbocycles. The summed E-state index contributed by atoms with van der Waals surface area (Å²) in [6, 6.07) is 10.8. The van der Waals surface area contributed by atoms with E-state index in [0.717, 1.165) is 10.8 Å². The first kappa shape index (κ1) is 49.8. The fraction of sp³-hybridized carbons (Fsp3) is 0.435. The number of benzene rings is 3. The van der Waals surface area contributed by atoms with Gasteiger partial charge in [0.2, 0.25) is 35.4 Å². The number of nitrogens with one attached hydrogen (secondary N) is 7. The quantitative estimate of drug-likeness (QED) is 0.0512. The highest BCUT2D eigenvalue weighted by atomic mass is 16.4. The van der Waals surface area contributed by atoms with Gasteiger partial charge in [-0.2, -0.15) is 0 Å². The lowest BCUT2D eigenvalue weighted by Gasteiger charge is -2.28. The van der Waals surface area contributed by atoms with Crippen LogP contribution in [0.5, 0.6) is 5.75 Å². The Balaban J connectivity index is 1.63. The lowest BCUT2D eigenvalue weighted by atomic mass is 9.98. The molecular formula is C46H61N9O9. The molecule has 344 valence electrons. The van der Waals surface area contributed by atoms with Gasteiger partial charge in [-0.1, -0.05) is 82.3 Å². The molecule has 0 bridgehead atoms. The van der Waals surface area contributed by atoms with Crippen molar-refractivity contribution in [1.29, 1.82) is 0 Å². The van der Waals surface area contributed by atoms with Gasteiger partial charge in [0.25, 0.3) is 0 Å². The molecule has 0 aliphatic heterocycles. The van der Waals surface area contributed by atoms with E-state index in [1.165, 1.54) is 50.6 Å². The molecule has 4 aromatic rings. The summed E-state index contributed by atoms with van der Waals surface area (Å²) in [5.74, 6) is -5.66. The van der Waals surface area contributed by atoms with Crippen molar-refractivity contribution in [3.8, 4) is 5.75 Å². The van der Waals surface area contributed by atoms with Crippen LogP contribution in [0.3, 0.4) is 0 Å². The van der Waals surface area contributed by atoms with Gasteiger partial charge >= 0.3 is 5.97 Å². The van der Waals surface area contributed by atoms with Gasteiger partial charge in [-0.3, -0.25) is 28.8 Å². The Hall–Kier alpha value is -6.82. The average Bonchev–Trinajstić information content (AvgIpc) is 3.75. The largest absolute Gasteiger partial charge is 0.508 e. The maximum atomic E-state index is 14.5. The number of aromatic hydroxyl groups is 1. The zero-order valence-corrected chi connectivity index (χ0v) is 37.0. The molecule has 0 spiro atoms. The average molecular weight is 884 g/mol. The highest BCUT2D eigenvalue weighted by molar-refractivity contribution is 5.97. The number of aromatic amines is 1. The van der Waals surface area contributed by atoms with Crippen molar-refractivity contribution in [2.75, 3.05) is 0 Å². The Morgan fingerprint density at radius 1 is 0.578 bits per heavy atom. The summed E-state index contributed by atoms with van der Waals surface area (Å²) in [6.45, 7) is 10.4. The van der Waals surface area contributed by atoms with Crippen LogP contribution in [0.2, 0.25) is 0 Å². The molecule has 18 heteroatoms. The zero-order valence-electron chi connectivity index (χ0n) is 37.0. The molecule has 0 fully saturated rings. The molecule has 0 radical (unpaired) electrons. The van der Waals surface area contributed by atoms with Crippen LogP contribution in [0.1, 0.15) is 71.2 Å². The highest BCUT2D eigenvalue weighted by Crippen LogP contribution is 2.18. The number of imidazole rings is 1. The zero-order chi connectivity index (χ0) is 47.1. The molecule has 6 amide bonds. The molecule has 0 unspecified atom stereocenters. The summed E-state index contributed by atoms with van der Waals surface area (Å²) in [7, 11) is 0. The minimum atomic E-state index is -1.41. The lowest BCUT2D eigenvalue weighted by molar-refractivity contribution is -0.142. The molecule has 1 aromatic heterocycles. The number of nitrogens with two attached hydrogens (primary N) is 1. The number of phenolic OH excluding ortho intramolecular Hbond substituents is 1. The van der Waals surface area contributed by atoms with E-state index in [1.54, 1.807) is 0 Å². The molecule has 1 heterocycles. The minimum absolute atomic E-state index is 0.0133. The van der Waals surface area contributed by atoms with Gasteiger partial charge in [0.1, 0.15) is 42.0 Å². The van der Waals surface area contributed by atoms with Crippen molar-refractivity contribution in [2.45, 2.75) is 116 Å². The summed E-state index contributed by atoms with van der Waals surface area (Å²) in [5.41, 5.74) is 7.29. The van der Waals surface area contributed by atoms with Crippen LogP contribution in [0, 0.1) is 11.8 Å². The molecular weight excluding hydrogens is 823 g/mol. The van der Waals surface area contributed by atoms with Crippen LogP contribution in [0.4, 0.5) is 0 Å². The third-order valence-corrected chi connectivity index (χ3v) is 10.3. The maximum Gasteiger partial charge on any atom is 0.326 e. The number of hydrogen-bond acceptors (Lipinski definition) is 10. The van der Waals surface area contributed by atoms with Crippen LogP contribution in [-0.4, -0.2) is 104 Å². The maximum absolute atomic E-state index is 14.5. The topological polar surface area (TPSA) is 287 Å². The van der Waals surface area contributed by atoms with Gasteiger partial charge < -0.3 is 52.8 Å². The number of nitrogens with zero attached hydrogens (tertiary/aromatic N) is 1. The molecule has 4 rings (SSSR count). The molecule has 0 saturated carbocycles. The third-order valence-electron chi connectivity index (χ3n) is 10.3. The first-order chi connectivity index (χ1) is 30.3. The Labute approximate surface area is 372 Å². The fourth-order valence-corrected chi connectivity index (χ4v) is 6.91. The molecule has 64 heavy (non-hydrogen) atoms. The van der Waals surface area contributed by atoms with Gasteiger partial charge in [-0.15, -0.1) is 0 Å². The first-order valence-electron chi connectivity index (χ1n) is 21.3. The Morgan fingerprint density at radius 3 is 1.59 bits per heavy atom. The number of amides is 6. The number of hydrogen-bond donors (Lipinski definition) is 10. The minimum Gasteiger partial charge on any atom is -0.508 e. The first-order valence-corrected chi connectivity index (χ1v) is 21.3. The standard InChI is InChI=1S/C46H61N9O9/c1-25(2)17-35(51-41(58)28(6)50-40(57)27(5)47)42(59)52-36(18-26(3)4)43(60)53-37(21-30-11-14-31-9-7-8-10-32(31)19-30)44(61)54-38(22-33-23-48-24-49-33)45(62)55-39(46(63)64)20-29-12-15-34(56)16-13-29/h7-16,19,23-28,35-39,56H,17-18,20-22,47H2,1-6H3,(H,48,49)(H,50,57)(H,51,58)(H,52,59)(H,53,60)(H,54,61)(H,55,62)(H,63,64)/t27-,28-,35-,36-,37-,38-,39-/m0/s1. The second kappa shape index (κ2) is 23.6. The van der Waals surface area contributed by atoms with Crippen LogP contribution in [0.25, 0.3) is 10.8 Å². The number of phenols is 1. The summed E-state index contributed by atoms with van der Waals surface area (Å²) in [5, 5.41) is 37.6. The lowest BCUT2D eigenvalue weighted by Crippen LogP contribution is -2.60. The van der Waals surface area contributed by atoms with E-state index in [-0.39, 0.29) is 49.7 Å². The number of rotatable bonds is 23. The number of aliphatic carboxylic acids is 1. The number of carbonyl (C=O) groups is 7. The highest BCUT2D eigenvalue weighted by Gasteiger charge is 2.34. The van der Waals surface area contributed by atoms with Crippen LogP contribution in [0.15, 0.2) is 79.3 Å². The van der Waals surface area contributed by atoms with Gasteiger partial charge in [0.15, 0.2) is 0 Å². The monoisotopic (exact) mass is 883 g/mol. The van der Waals surface area contributed by atoms with Crippen LogP contribution in [-0.2, 0) is 52.8 Å². The molecule has 0 saturated heterocycles. The van der Waals surface area contributed by atoms with E-state index < -0.39 is 83.7 Å². The normalized spacial score (nSPS) is 14.6. The van der Waals surface area contributed by atoms with Crippen molar-refractivity contribution in [1.82, 2.24) is 41.9 Å². The Morgan fingerprint density at radius 2 is 1.06 bits per heavy atom. The second-order valence-electron chi connectivity index (χ2n) is 17.0. The summed E-state index contributed by atoms with van der Waals surface area (Å²) in [6.07, 6.45) is 2.90. The van der Waals surface area contributed by atoms with E-state index in [2.05, 4.69) is 41.9 Å². The van der Waals surface area contributed by atoms with Crippen molar-refractivity contribution in [3.05, 3.63) is 96.1 Å². The Kier molecular flexibility index (Phi) is 18.4. The predicted octanol–water partition coefficient (Wildman–Crippen LogP) is 1.75. The SMILES string of the molecule is CC(C)C[C@H](NC(=O)[C@H](C)NC(=O)[C@H](C)N)C(=O)N[C@@H](CC(C)C)C(=O)N[C@@H](Cc1ccc2ccccc2c1)C(=O)N[C@@H](Cc1cnc[nH]1)C(=O)N[C@@H](Cc1ccc(O)cc1)C(=O)O. The number of H-pyrrole nitrogens is 1.